The Hall–Kier alpha value is -1.09. The molecule has 0 atom stereocenters. The Morgan fingerprint density at radius 3 is 2.05 bits per heavy atom. The van der Waals surface area contributed by atoms with Crippen LogP contribution in [0.1, 0.15) is 46.1 Å². The van der Waals surface area contributed by atoms with Gasteiger partial charge >= 0.3 is 0 Å². The summed E-state index contributed by atoms with van der Waals surface area (Å²) in [7, 11) is 1.96. The van der Waals surface area contributed by atoms with Crippen LogP contribution in [0.4, 0.5) is 5.82 Å². The first kappa shape index (κ1) is 17.0. The third kappa shape index (κ3) is 6.38. The molecule has 0 aliphatic rings. The minimum Gasteiger partial charge on any atom is -0.357 e. The van der Waals surface area contributed by atoms with Crippen LogP contribution < -0.4 is 10.2 Å². The number of anilines is 1. The van der Waals surface area contributed by atoms with Crippen molar-refractivity contribution in [1.29, 1.82) is 0 Å². The third-order valence-corrected chi connectivity index (χ3v) is 3.47. The predicted octanol–water partition coefficient (Wildman–Crippen LogP) is 3.70. The summed E-state index contributed by atoms with van der Waals surface area (Å²) in [6, 6.07) is 4.34. The second-order valence-electron chi connectivity index (χ2n) is 6.41. The smallest absolute Gasteiger partial charge is 0.128 e. The normalized spacial score (nSPS) is 11.3. The molecule has 0 aliphatic heterocycles. The van der Waals surface area contributed by atoms with Gasteiger partial charge in [0.25, 0.3) is 0 Å². The molecule has 0 fully saturated rings. The summed E-state index contributed by atoms with van der Waals surface area (Å²) >= 11 is 0. The van der Waals surface area contributed by atoms with Gasteiger partial charge in [0, 0.05) is 25.8 Å². The van der Waals surface area contributed by atoms with E-state index in [2.05, 4.69) is 55.0 Å². The zero-order valence-electron chi connectivity index (χ0n) is 13.8. The Morgan fingerprint density at radius 1 is 1.05 bits per heavy atom. The largest absolute Gasteiger partial charge is 0.357 e. The molecule has 0 aromatic carbocycles. The maximum atomic E-state index is 4.64. The lowest BCUT2D eigenvalue weighted by molar-refractivity contribution is 0.533. The standard InChI is InChI=1S/C17H31N3/c1-14(2)8-10-20(11-9-15(3)4)17-7-6-16(12-18-5)13-19-17/h6-7,13-15,18H,8-12H2,1-5H3. The summed E-state index contributed by atoms with van der Waals surface area (Å²) < 4.78 is 0. The highest BCUT2D eigenvalue weighted by Crippen LogP contribution is 2.15. The molecule has 0 spiro atoms. The van der Waals surface area contributed by atoms with Crippen LogP contribution in [0.15, 0.2) is 18.3 Å². The van der Waals surface area contributed by atoms with Gasteiger partial charge in [-0.3, -0.25) is 0 Å². The molecule has 1 rings (SSSR count). The molecule has 114 valence electrons. The molecule has 0 saturated heterocycles. The molecule has 1 aromatic rings. The predicted molar refractivity (Wildman–Crippen MR) is 88.1 cm³/mol. The summed E-state index contributed by atoms with van der Waals surface area (Å²) in [4.78, 5) is 7.07. The number of nitrogens with zero attached hydrogens (tertiary/aromatic N) is 2. The zero-order chi connectivity index (χ0) is 15.0. The van der Waals surface area contributed by atoms with Crippen molar-refractivity contribution < 1.29 is 0 Å². The number of nitrogens with one attached hydrogen (secondary N) is 1. The van der Waals surface area contributed by atoms with Crippen molar-refractivity contribution in [2.45, 2.75) is 47.1 Å². The second-order valence-corrected chi connectivity index (χ2v) is 6.41. The number of hydrogen-bond donors (Lipinski definition) is 1. The maximum Gasteiger partial charge on any atom is 0.128 e. The van der Waals surface area contributed by atoms with Crippen molar-refractivity contribution in [1.82, 2.24) is 10.3 Å². The number of aromatic nitrogens is 1. The molecule has 0 bridgehead atoms. The minimum atomic E-state index is 0.736. The van der Waals surface area contributed by atoms with Gasteiger partial charge in [-0.05, 0) is 43.4 Å². The van der Waals surface area contributed by atoms with Crippen LogP contribution in [0.2, 0.25) is 0 Å². The Bertz CT molecular complexity index is 345. The van der Waals surface area contributed by atoms with Gasteiger partial charge in [-0.1, -0.05) is 33.8 Å². The first-order valence-electron chi connectivity index (χ1n) is 7.87. The highest BCUT2D eigenvalue weighted by molar-refractivity contribution is 5.39. The van der Waals surface area contributed by atoms with Gasteiger partial charge in [0.2, 0.25) is 0 Å². The van der Waals surface area contributed by atoms with E-state index in [1.165, 1.54) is 18.4 Å². The van der Waals surface area contributed by atoms with Crippen molar-refractivity contribution >= 4 is 5.82 Å². The van der Waals surface area contributed by atoms with E-state index in [1.807, 2.05) is 13.2 Å². The summed E-state index contributed by atoms with van der Waals surface area (Å²) in [5.41, 5.74) is 1.24. The zero-order valence-corrected chi connectivity index (χ0v) is 13.8. The van der Waals surface area contributed by atoms with Crippen LogP contribution >= 0.6 is 0 Å². The van der Waals surface area contributed by atoms with Gasteiger partial charge in [0.05, 0.1) is 0 Å². The van der Waals surface area contributed by atoms with Crippen molar-refractivity contribution in [2.24, 2.45) is 11.8 Å². The van der Waals surface area contributed by atoms with Crippen molar-refractivity contribution in [3.63, 3.8) is 0 Å². The van der Waals surface area contributed by atoms with Crippen LogP contribution in [-0.2, 0) is 6.54 Å². The lowest BCUT2D eigenvalue weighted by Crippen LogP contribution is -2.28. The van der Waals surface area contributed by atoms with Crippen LogP contribution in [0.3, 0.4) is 0 Å². The molecule has 0 radical (unpaired) electrons. The van der Waals surface area contributed by atoms with E-state index in [1.54, 1.807) is 0 Å². The fraction of sp³-hybridized carbons (Fsp3) is 0.706. The second kappa shape index (κ2) is 8.96. The topological polar surface area (TPSA) is 28.2 Å². The Morgan fingerprint density at radius 2 is 1.65 bits per heavy atom. The molecule has 3 nitrogen and oxygen atoms in total. The van der Waals surface area contributed by atoms with Gasteiger partial charge in [-0.25, -0.2) is 4.98 Å². The van der Waals surface area contributed by atoms with E-state index < -0.39 is 0 Å². The summed E-state index contributed by atoms with van der Waals surface area (Å²) in [5, 5.41) is 3.16. The van der Waals surface area contributed by atoms with Crippen molar-refractivity contribution in [2.75, 3.05) is 25.0 Å². The molecule has 0 unspecified atom stereocenters. The molecule has 1 N–H and O–H groups in total. The fourth-order valence-corrected chi connectivity index (χ4v) is 2.08. The quantitative estimate of drug-likeness (QED) is 0.746. The first-order chi connectivity index (χ1) is 9.52. The molecule has 3 heteroatoms. The van der Waals surface area contributed by atoms with Gasteiger partial charge < -0.3 is 10.2 Å². The molecule has 0 saturated carbocycles. The summed E-state index contributed by atoms with van der Waals surface area (Å²) in [6.45, 7) is 12.2. The van der Waals surface area contributed by atoms with E-state index >= 15 is 0 Å². The third-order valence-electron chi connectivity index (χ3n) is 3.47. The van der Waals surface area contributed by atoms with Crippen molar-refractivity contribution in [3.8, 4) is 0 Å². The van der Waals surface area contributed by atoms with E-state index in [-0.39, 0.29) is 0 Å². The lowest BCUT2D eigenvalue weighted by atomic mass is 10.1. The molecule has 0 aliphatic carbocycles. The van der Waals surface area contributed by atoms with E-state index in [0.717, 1.165) is 37.3 Å². The Labute approximate surface area is 124 Å². The van der Waals surface area contributed by atoms with Crippen LogP contribution in [0.25, 0.3) is 0 Å². The lowest BCUT2D eigenvalue weighted by Gasteiger charge is -2.25. The molecular weight excluding hydrogens is 246 g/mol. The van der Waals surface area contributed by atoms with Crippen molar-refractivity contribution in [3.05, 3.63) is 23.9 Å². The monoisotopic (exact) mass is 277 g/mol. The number of pyridine rings is 1. The minimum absolute atomic E-state index is 0.736. The molecule has 1 heterocycles. The average molecular weight is 277 g/mol. The molecule has 1 aromatic heterocycles. The summed E-state index contributed by atoms with van der Waals surface area (Å²) in [5.74, 6) is 2.59. The highest BCUT2D eigenvalue weighted by Gasteiger charge is 2.09. The summed E-state index contributed by atoms with van der Waals surface area (Å²) in [6.07, 6.45) is 4.43. The maximum absolute atomic E-state index is 4.64. The SMILES string of the molecule is CNCc1ccc(N(CCC(C)C)CCC(C)C)nc1. The van der Waals surface area contributed by atoms with Crippen LogP contribution in [0, 0.1) is 11.8 Å². The molecule has 20 heavy (non-hydrogen) atoms. The van der Waals surface area contributed by atoms with E-state index in [4.69, 9.17) is 0 Å². The number of rotatable bonds is 9. The van der Waals surface area contributed by atoms with E-state index in [9.17, 15) is 0 Å². The highest BCUT2D eigenvalue weighted by atomic mass is 15.2. The first-order valence-corrected chi connectivity index (χ1v) is 7.87. The van der Waals surface area contributed by atoms with Gasteiger partial charge in [0.15, 0.2) is 0 Å². The Kier molecular flexibility index (Phi) is 7.60. The van der Waals surface area contributed by atoms with Crippen LogP contribution in [-0.4, -0.2) is 25.1 Å². The fourth-order valence-electron chi connectivity index (χ4n) is 2.08. The van der Waals surface area contributed by atoms with Gasteiger partial charge in [-0.15, -0.1) is 0 Å². The van der Waals surface area contributed by atoms with Gasteiger partial charge in [-0.2, -0.15) is 0 Å². The number of hydrogen-bond acceptors (Lipinski definition) is 3. The molecular formula is C17H31N3. The van der Waals surface area contributed by atoms with E-state index in [0.29, 0.717) is 0 Å². The Balaban J connectivity index is 2.69. The van der Waals surface area contributed by atoms with Gasteiger partial charge in [0.1, 0.15) is 5.82 Å². The average Bonchev–Trinajstić information content (AvgIpc) is 2.40. The molecule has 0 amide bonds. The van der Waals surface area contributed by atoms with Crippen LogP contribution in [0.5, 0.6) is 0 Å².